The second-order valence-electron chi connectivity index (χ2n) is 9.25. The quantitative estimate of drug-likeness (QED) is 0.555. The first-order chi connectivity index (χ1) is 17.0. The number of amides is 1. The van der Waals surface area contributed by atoms with Gasteiger partial charge < -0.3 is 14.5 Å². The number of piperazine rings is 1. The lowest BCUT2D eigenvalue weighted by Gasteiger charge is -2.38. The molecule has 0 saturated carbocycles. The Hall–Kier alpha value is -3.80. The maximum Gasteiger partial charge on any atom is 0.259 e. The smallest absolute Gasteiger partial charge is 0.259 e. The third-order valence-electron chi connectivity index (χ3n) is 6.98. The molecule has 2 heterocycles. The lowest BCUT2D eigenvalue weighted by molar-refractivity contribution is -0.118. The maximum absolute atomic E-state index is 13.7. The maximum atomic E-state index is 13.7. The summed E-state index contributed by atoms with van der Waals surface area (Å²) in [4.78, 5) is 25.1. The van der Waals surface area contributed by atoms with Crippen LogP contribution in [0, 0.1) is 13.8 Å². The Bertz CT molecular complexity index is 1230. The SMILES string of the molecule is COc1cccc(N2CCN(C3=NC(Cc4ccccc4)C(=O)N3c3ccc(C)c(C)c3)CC2)c1. The Labute approximate surface area is 207 Å². The van der Waals surface area contributed by atoms with E-state index in [1.165, 1.54) is 11.1 Å². The number of hydrogen-bond acceptors (Lipinski definition) is 5. The summed E-state index contributed by atoms with van der Waals surface area (Å²) in [6.07, 6.45) is 0.605. The van der Waals surface area contributed by atoms with E-state index in [1.807, 2.05) is 41.3 Å². The minimum Gasteiger partial charge on any atom is -0.497 e. The van der Waals surface area contributed by atoms with Crippen LogP contribution >= 0.6 is 0 Å². The highest BCUT2D eigenvalue weighted by Gasteiger charge is 2.39. The van der Waals surface area contributed by atoms with Gasteiger partial charge in [0.05, 0.1) is 12.8 Å². The van der Waals surface area contributed by atoms with Crippen molar-refractivity contribution in [3.63, 3.8) is 0 Å². The number of aliphatic imine (C=N–C) groups is 1. The van der Waals surface area contributed by atoms with Crippen LogP contribution in [0.1, 0.15) is 16.7 Å². The largest absolute Gasteiger partial charge is 0.497 e. The molecule has 1 amide bonds. The zero-order valence-corrected chi connectivity index (χ0v) is 20.6. The summed E-state index contributed by atoms with van der Waals surface area (Å²) in [7, 11) is 1.69. The summed E-state index contributed by atoms with van der Waals surface area (Å²) in [5, 5.41) is 0. The molecule has 35 heavy (non-hydrogen) atoms. The molecule has 2 aliphatic rings. The highest BCUT2D eigenvalue weighted by molar-refractivity contribution is 6.22. The van der Waals surface area contributed by atoms with Gasteiger partial charge in [0, 0.05) is 44.4 Å². The molecular formula is C29H32N4O2. The molecule has 3 aromatic rings. The number of carbonyl (C=O) groups is 1. The zero-order chi connectivity index (χ0) is 24.4. The van der Waals surface area contributed by atoms with Gasteiger partial charge in [0.25, 0.3) is 5.91 Å². The van der Waals surface area contributed by atoms with Gasteiger partial charge in [0.2, 0.25) is 5.96 Å². The van der Waals surface area contributed by atoms with Crippen molar-refractivity contribution in [3.8, 4) is 5.75 Å². The number of nitrogens with zero attached hydrogens (tertiary/aromatic N) is 4. The van der Waals surface area contributed by atoms with E-state index in [-0.39, 0.29) is 5.91 Å². The van der Waals surface area contributed by atoms with Crippen molar-refractivity contribution in [2.45, 2.75) is 26.3 Å². The lowest BCUT2D eigenvalue weighted by atomic mass is 10.1. The zero-order valence-electron chi connectivity index (χ0n) is 20.6. The predicted molar refractivity (Wildman–Crippen MR) is 142 cm³/mol. The number of carbonyl (C=O) groups excluding carboxylic acids is 1. The summed E-state index contributed by atoms with van der Waals surface area (Å²) in [5.74, 6) is 1.67. The number of ether oxygens (including phenoxy) is 1. The molecule has 1 saturated heterocycles. The first-order valence-corrected chi connectivity index (χ1v) is 12.2. The molecule has 1 atom stereocenters. The number of rotatable bonds is 5. The molecule has 3 aromatic carbocycles. The van der Waals surface area contributed by atoms with E-state index in [1.54, 1.807) is 7.11 Å². The number of methoxy groups -OCH3 is 1. The minimum atomic E-state index is -0.412. The molecule has 0 N–H and O–H groups in total. The van der Waals surface area contributed by atoms with Gasteiger partial charge in [-0.05, 0) is 54.8 Å². The van der Waals surface area contributed by atoms with Crippen molar-refractivity contribution in [2.75, 3.05) is 43.1 Å². The molecule has 0 radical (unpaired) electrons. The molecule has 6 nitrogen and oxygen atoms in total. The third kappa shape index (κ3) is 4.74. The highest BCUT2D eigenvalue weighted by atomic mass is 16.5. The van der Waals surface area contributed by atoms with Crippen molar-refractivity contribution in [3.05, 3.63) is 89.5 Å². The average Bonchev–Trinajstić information content (AvgIpc) is 3.22. The van der Waals surface area contributed by atoms with E-state index in [9.17, 15) is 4.79 Å². The molecule has 0 aromatic heterocycles. The monoisotopic (exact) mass is 468 g/mol. The summed E-state index contributed by atoms with van der Waals surface area (Å²) in [5.41, 5.74) is 5.55. The van der Waals surface area contributed by atoms with Crippen molar-refractivity contribution < 1.29 is 9.53 Å². The van der Waals surface area contributed by atoms with Crippen molar-refractivity contribution in [1.29, 1.82) is 0 Å². The van der Waals surface area contributed by atoms with Crippen LogP contribution < -0.4 is 14.5 Å². The number of benzene rings is 3. The van der Waals surface area contributed by atoms with E-state index in [2.05, 4.69) is 60.0 Å². The number of hydrogen-bond donors (Lipinski definition) is 0. The molecule has 0 aliphatic carbocycles. The predicted octanol–water partition coefficient (Wildman–Crippen LogP) is 4.45. The highest BCUT2D eigenvalue weighted by Crippen LogP contribution is 2.28. The summed E-state index contributed by atoms with van der Waals surface area (Å²) < 4.78 is 5.40. The van der Waals surface area contributed by atoms with E-state index in [0.29, 0.717) is 6.42 Å². The van der Waals surface area contributed by atoms with Crippen LogP contribution in [0.5, 0.6) is 5.75 Å². The molecule has 5 rings (SSSR count). The lowest BCUT2D eigenvalue weighted by Crippen LogP contribution is -2.53. The van der Waals surface area contributed by atoms with E-state index < -0.39 is 6.04 Å². The van der Waals surface area contributed by atoms with Gasteiger partial charge in [0.15, 0.2) is 0 Å². The number of guanidine groups is 1. The Morgan fingerprint density at radius 2 is 1.57 bits per heavy atom. The molecule has 6 heteroatoms. The molecule has 1 unspecified atom stereocenters. The standard InChI is InChI=1S/C29H32N4O2/c1-21-12-13-25(18-22(21)2)33-28(34)27(19-23-8-5-4-6-9-23)30-29(33)32-16-14-31(15-17-32)24-10-7-11-26(20-24)35-3/h4-13,18,20,27H,14-17,19H2,1-3H3. The van der Waals surface area contributed by atoms with Crippen LogP contribution in [0.2, 0.25) is 0 Å². The first kappa shape index (κ1) is 23.0. The fourth-order valence-corrected chi connectivity index (χ4v) is 4.77. The fourth-order valence-electron chi connectivity index (χ4n) is 4.77. The molecular weight excluding hydrogens is 436 g/mol. The van der Waals surface area contributed by atoms with Gasteiger partial charge in [0.1, 0.15) is 11.8 Å². The minimum absolute atomic E-state index is 0.0438. The fraction of sp³-hybridized carbons (Fsp3) is 0.310. The van der Waals surface area contributed by atoms with E-state index >= 15 is 0 Å². The molecule has 0 spiro atoms. The summed E-state index contributed by atoms with van der Waals surface area (Å²) >= 11 is 0. The van der Waals surface area contributed by atoms with Gasteiger partial charge in [-0.15, -0.1) is 0 Å². The van der Waals surface area contributed by atoms with Crippen LogP contribution in [-0.4, -0.2) is 56.1 Å². The van der Waals surface area contributed by atoms with Crippen LogP contribution in [0.4, 0.5) is 11.4 Å². The van der Waals surface area contributed by atoms with Crippen LogP contribution in [0.25, 0.3) is 0 Å². The van der Waals surface area contributed by atoms with E-state index in [4.69, 9.17) is 9.73 Å². The summed E-state index contributed by atoms with van der Waals surface area (Å²) in [6.45, 7) is 7.47. The molecule has 0 bridgehead atoms. The average molecular weight is 469 g/mol. The second kappa shape index (κ2) is 9.82. The number of aryl methyl sites for hydroxylation is 2. The van der Waals surface area contributed by atoms with E-state index in [0.717, 1.165) is 54.8 Å². The van der Waals surface area contributed by atoms with Gasteiger partial charge in [-0.3, -0.25) is 4.79 Å². The van der Waals surface area contributed by atoms with Crippen LogP contribution in [0.3, 0.4) is 0 Å². The third-order valence-corrected chi connectivity index (χ3v) is 6.98. The first-order valence-electron chi connectivity index (χ1n) is 12.2. The molecule has 1 fully saturated rings. The van der Waals surface area contributed by atoms with Gasteiger partial charge >= 0.3 is 0 Å². The Morgan fingerprint density at radius 1 is 0.829 bits per heavy atom. The van der Waals surface area contributed by atoms with Crippen molar-refractivity contribution in [1.82, 2.24) is 4.90 Å². The van der Waals surface area contributed by atoms with Crippen molar-refractivity contribution >= 4 is 23.2 Å². The van der Waals surface area contributed by atoms with Crippen LogP contribution in [0.15, 0.2) is 77.8 Å². The molecule has 2 aliphatic heterocycles. The normalized spacial score (nSPS) is 18.1. The Balaban J connectivity index is 1.40. The van der Waals surface area contributed by atoms with Gasteiger partial charge in [-0.1, -0.05) is 42.5 Å². The summed E-state index contributed by atoms with van der Waals surface area (Å²) in [6, 6.07) is 24.1. The second-order valence-corrected chi connectivity index (χ2v) is 9.25. The molecule has 180 valence electrons. The Morgan fingerprint density at radius 3 is 2.29 bits per heavy atom. The van der Waals surface area contributed by atoms with Crippen LogP contribution in [-0.2, 0) is 11.2 Å². The van der Waals surface area contributed by atoms with Gasteiger partial charge in [-0.2, -0.15) is 0 Å². The Kier molecular flexibility index (Phi) is 6.45. The number of anilines is 2. The topological polar surface area (TPSA) is 48.4 Å². The van der Waals surface area contributed by atoms with Gasteiger partial charge in [-0.25, -0.2) is 9.89 Å². The van der Waals surface area contributed by atoms with Crippen molar-refractivity contribution in [2.24, 2.45) is 4.99 Å².